The minimum atomic E-state index is -0.963. The van der Waals surface area contributed by atoms with Crippen molar-refractivity contribution in [3.05, 3.63) is 76.8 Å². The number of nitriles is 1. The van der Waals surface area contributed by atoms with Gasteiger partial charge in [-0.3, -0.25) is 4.79 Å². The van der Waals surface area contributed by atoms with E-state index in [-0.39, 0.29) is 48.9 Å². The van der Waals surface area contributed by atoms with Crippen LogP contribution in [0.1, 0.15) is 11.4 Å². The molecule has 1 unspecified atom stereocenters. The number of anilines is 1. The number of piperazine rings is 1. The van der Waals surface area contributed by atoms with E-state index < -0.39 is 23.6 Å². The van der Waals surface area contributed by atoms with Gasteiger partial charge in [0.2, 0.25) is 0 Å². The first-order valence-electron chi connectivity index (χ1n) is 13.3. The molecule has 0 spiro atoms. The molecule has 1 aliphatic rings. The number of rotatable bonds is 6. The van der Waals surface area contributed by atoms with Crippen molar-refractivity contribution < 1.29 is 23.4 Å². The van der Waals surface area contributed by atoms with E-state index in [4.69, 9.17) is 4.74 Å². The number of fused-ring (bicyclic) bond motifs is 2. The molecule has 0 bridgehead atoms. The van der Waals surface area contributed by atoms with Crippen molar-refractivity contribution >= 4 is 50.8 Å². The Hall–Kier alpha value is -5.15. The third-order valence-electron chi connectivity index (χ3n) is 7.36. The van der Waals surface area contributed by atoms with Gasteiger partial charge in [0.25, 0.3) is 5.91 Å². The summed E-state index contributed by atoms with van der Waals surface area (Å²) in [6, 6.07) is 15.2. The van der Waals surface area contributed by atoms with Crippen LogP contribution in [0.25, 0.3) is 38.9 Å². The van der Waals surface area contributed by atoms with Crippen molar-refractivity contribution in [2.24, 2.45) is 0 Å². The summed E-state index contributed by atoms with van der Waals surface area (Å²) in [4.78, 5) is 29.0. The lowest BCUT2D eigenvalue weighted by molar-refractivity contribution is -0.131. The Morgan fingerprint density at radius 1 is 1.19 bits per heavy atom. The van der Waals surface area contributed by atoms with Gasteiger partial charge in [-0.25, -0.2) is 13.8 Å². The van der Waals surface area contributed by atoms with Gasteiger partial charge in [0.15, 0.2) is 11.6 Å². The van der Waals surface area contributed by atoms with Crippen LogP contribution in [0.3, 0.4) is 0 Å². The Bertz CT molecular complexity index is 1930. The minimum absolute atomic E-state index is 0.00281. The number of carbonyl (C=O) groups is 1. The number of hydrogen-bond donors (Lipinski definition) is 1. The van der Waals surface area contributed by atoms with E-state index in [2.05, 4.69) is 21.0 Å². The second kappa shape index (κ2) is 11.6. The third kappa shape index (κ3) is 5.30. The summed E-state index contributed by atoms with van der Waals surface area (Å²) in [7, 11) is 1.38. The molecular formula is C31H24F2N6O3S. The lowest BCUT2D eigenvalue weighted by atomic mass is 9.96. The van der Waals surface area contributed by atoms with E-state index in [1.54, 1.807) is 23.6 Å². The van der Waals surface area contributed by atoms with Crippen molar-refractivity contribution in [3.8, 4) is 29.0 Å². The topological polar surface area (TPSA) is 115 Å². The van der Waals surface area contributed by atoms with Crippen LogP contribution >= 0.6 is 11.3 Å². The molecule has 12 heteroatoms. The Labute approximate surface area is 248 Å². The molecule has 0 saturated carbocycles. The van der Waals surface area contributed by atoms with Crippen molar-refractivity contribution in [1.82, 2.24) is 19.9 Å². The van der Waals surface area contributed by atoms with Crippen LogP contribution in [-0.4, -0.2) is 63.7 Å². The molecule has 1 aliphatic heterocycles. The number of ether oxygens (including phenoxy) is 1. The number of methoxy groups -OCH3 is 1. The van der Waals surface area contributed by atoms with Crippen molar-refractivity contribution in [1.29, 1.82) is 5.26 Å². The third-order valence-corrected chi connectivity index (χ3v) is 8.08. The van der Waals surface area contributed by atoms with Crippen LogP contribution in [-0.2, 0) is 4.79 Å². The van der Waals surface area contributed by atoms with E-state index in [0.29, 0.717) is 21.8 Å². The summed E-state index contributed by atoms with van der Waals surface area (Å²) in [5.74, 6) is -2.04. The number of aromatic nitrogens is 3. The zero-order valence-electron chi connectivity index (χ0n) is 22.9. The van der Waals surface area contributed by atoms with Crippen molar-refractivity contribution in [2.45, 2.75) is 12.5 Å². The SMILES string of the molecule is COc1nc(N2CCN(C(=O)/C(F)=C/c3nccs3)C(CC#N)C2)c2ccc(-c3cc(O)cc4ccccc34)c(F)c2n1. The lowest BCUT2D eigenvalue weighted by Crippen LogP contribution is -2.55. The number of aromatic hydroxyl groups is 1. The standard InChI is InChI=1S/C31H24F2N6O3S/c1-42-31-36-28-23(7-6-22(27(28)33)24-15-20(40)14-18-4-2-3-5-21(18)24)29(37-31)38-11-12-39(19(17-38)8-9-34)30(41)25(32)16-26-35-10-13-43-26/h2-7,10,13-16,19,40H,8,11-12,17H2,1H3/b25-16-. The fraction of sp³-hybridized carbons (Fsp3) is 0.194. The van der Waals surface area contributed by atoms with E-state index in [0.717, 1.165) is 16.8 Å². The Morgan fingerprint density at radius 3 is 2.79 bits per heavy atom. The Balaban J connectivity index is 1.38. The average Bonchev–Trinajstić information content (AvgIpc) is 3.53. The van der Waals surface area contributed by atoms with Gasteiger partial charge >= 0.3 is 6.01 Å². The second-order valence-electron chi connectivity index (χ2n) is 9.89. The summed E-state index contributed by atoms with van der Waals surface area (Å²) in [6.45, 7) is 0.502. The molecule has 5 aromatic rings. The summed E-state index contributed by atoms with van der Waals surface area (Å²) in [6.07, 6.45) is 2.56. The summed E-state index contributed by atoms with van der Waals surface area (Å²) < 4.78 is 36.5. The average molecular weight is 599 g/mol. The number of thiazole rings is 1. The molecular weight excluding hydrogens is 574 g/mol. The van der Waals surface area contributed by atoms with Crippen LogP contribution in [0.4, 0.5) is 14.6 Å². The molecule has 2 aromatic heterocycles. The maximum Gasteiger partial charge on any atom is 0.318 e. The zero-order valence-corrected chi connectivity index (χ0v) is 23.7. The van der Waals surface area contributed by atoms with E-state index in [1.165, 1.54) is 35.6 Å². The number of phenolic OH excluding ortho intramolecular Hbond substituents is 1. The van der Waals surface area contributed by atoms with Gasteiger partial charge < -0.3 is 19.6 Å². The van der Waals surface area contributed by atoms with Gasteiger partial charge in [0.1, 0.15) is 22.1 Å². The molecule has 0 aliphatic carbocycles. The van der Waals surface area contributed by atoms with Gasteiger partial charge in [-0.15, -0.1) is 11.3 Å². The highest BCUT2D eigenvalue weighted by Gasteiger charge is 2.34. The molecule has 1 fully saturated rings. The Morgan fingerprint density at radius 2 is 2.02 bits per heavy atom. The van der Waals surface area contributed by atoms with E-state index in [1.807, 2.05) is 29.2 Å². The number of amides is 1. The fourth-order valence-electron chi connectivity index (χ4n) is 5.39. The Kier molecular flexibility index (Phi) is 7.56. The highest BCUT2D eigenvalue weighted by atomic mass is 32.1. The summed E-state index contributed by atoms with van der Waals surface area (Å²) >= 11 is 1.20. The first-order chi connectivity index (χ1) is 20.9. The highest BCUT2D eigenvalue weighted by Crippen LogP contribution is 2.38. The van der Waals surface area contributed by atoms with Crippen molar-refractivity contribution in [2.75, 3.05) is 31.6 Å². The monoisotopic (exact) mass is 598 g/mol. The molecule has 1 saturated heterocycles. The predicted octanol–water partition coefficient (Wildman–Crippen LogP) is 5.70. The van der Waals surface area contributed by atoms with Crippen molar-refractivity contribution in [3.63, 3.8) is 0 Å². The highest BCUT2D eigenvalue weighted by molar-refractivity contribution is 7.10. The van der Waals surface area contributed by atoms with Gasteiger partial charge in [0, 0.05) is 48.2 Å². The molecule has 1 N–H and O–H groups in total. The molecule has 3 heterocycles. The minimum Gasteiger partial charge on any atom is -0.508 e. The van der Waals surface area contributed by atoms with Crippen LogP contribution in [0.15, 0.2) is 65.9 Å². The lowest BCUT2D eigenvalue weighted by Gasteiger charge is -2.41. The number of nitrogens with zero attached hydrogens (tertiary/aromatic N) is 6. The number of halogens is 2. The number of hydrogen-bond acceptors (Lipinski definition) is 9. The predicted molar refractivity (Wildman–Crippen MR) is 160 cm³/mol. The quantitative estimate of drug-likeness (QED) is 0.248. The zero-order chi connectivity index (χ0) is 30.1. The fourth-order valence-corrected chi connectivity index (χ4v) is 5.95. The number of benzene rings is 3. The molecule has 1 atom stereocenters. The van der Waals surface area contributed by atoms with Crippen LogP contribution in [0, 0.1) is 17.1 Å². The molecule has 43 heavy (non-hydrogen) atoms. The maximum absolute atomic E-state index is 16.3. The van der Waals surface area contributed by atoms with Gasteiger partial charge in [-0.05, 0) is 34.5 Å². The van der Waals surface area contributed by atoms with Gasteiger partial charge in [-0.1, -0.05) is 30.3 Å². The van der Waals surface area contributed by atoms with Crippen LogP contribution < -0.4 is 9.64 Å². The first-order valence-corrected chi connectivity index (χ1v) is 14.2. The smallest absolute Gasteiger partial charge is 0.318 e. The van der Waals surface area contributed by atoms with Crippen LogP contribution in [0.2, 0.25) is 0 Å². The normalized spacial score (nSPS) is 15.6. The molecule has 0 radical (unpaired) electrons. The van der Waals surface area contributed by atoms with Gasteiger partial charge in [0.05, 0.1) is 25.6 Å². The number of carbonyl (C=O) groups excluding carboxylic acids is 1. The van der Waals surface area contributed by atoms with E-state index >= 15 is 4.39 Å². The van der Waals surface area contributed by atoms with E-state index in [9.17, 15) is 19.6 Å². The molecule has 3 aromatic carbocycles. The molecule has 9 nitrogen and oxygen atoms in total. The molecule has 6 rings (SSSR count). The van der Waals surface area contributed by atoms with Gasteiger partial charge in [-0.2, -0.15) is 15.2 Å². The maximum atomic E-state index is 16.3. The molecule has 216 valence electrons. The van der Waals surface area contributed by atoms with Crippen LogP contribution in [0.5, 0.6) is 11.8 Å². The number of phenols is 1. The molecule has 1 amide bonds. The summed E-state index contributed by atoms with van der Waals surface area (Å²) in [5, 5.41) is 23.8. The largest absolute Gasteiger partial charge is 0.508 e. The summed E-state index contributed by atoms with van der Waals surface area (Å²) in [5.41, 5.74) is 0.759. The first kappa shape index (κ1) is 28.0. The second-order valence-corrected chi connectivity index (χ2v) is 10.8.